The second kappa shape index (κ2) is 6.34. The summed E-state index contributed by atoms with van der Waals surface area (Å²) in [5.74, 6) is -0.0960. The van der Waals surface area contributed by atoms with Crippen LogP contribution in [0.4, 0.5) is 5.69 Å². The molecule has 3 rings (SSSR count). The summed E-state index contributed by atoms with van der Waals surface area (Å²) in [7, 11) is 1.87. The van der Waals surface area contributed by atoms with Crippen molar-refractivity contribution in [2.75, 3.05) is 18.4 Å². The van der Waals surface area contributed by atoms with Crippen LogP contribution in [0.3, 0.4) is 0 Å². The predicted molar refractivity (Wildman–Crippen MR) is 87.4 cm³/mol. The SMILES string of the molecule is CC(=O)c1cccc(NC(=O)[C@H]2CNC[C@@H]2c2cnn(C)c2)c1. The fourth-order valence-electron chi connectivity index (χ4n) is 2.99. The first-order chi connectivity index (χ1) is 11.0. The van der Waals surface area contributed by atoms with Crippen molar-refractivity contribution in [2.24, 2.45) is 13.0 Å². The number of hydrogen-bond donors (Lipinski definition) is 2. The van der Waals surface area contributed by atoms with Gasteiger partial charge in [-0.3, -0.25) is 14.3 Å². The first kappa shape index (κ1) is 15.4. The molecule has 1 aromatic carbocycles. The molecule has 1 aromatic heterocycles. The van der Waals surface area contributed by atoms with Crippen LogP contribution in [0.5, 0.6) is 0 Å². The second-order valence-electron chi connectivity index (χ2n) is 5.94. The fourth-order valence-corrected chi connectivity index (χ4v) is 2.99. The van der Waals surface area contributed by atoms with Crippen LogP contribution in [0.2, 0.25) is 0 Å². The Kier molecular flexibility index (Phi) is 4.25. The summed E-state index contributed by atoms with van der Waals surface area (Å²) in [6.45, 7) is 2.91. The van der Waals surface area contributed by atoms with Crippen LogP contribution in [-0.4, -0.2) is 34.6 Å². The minimum absolute atomic E-state index is 0.0168. The number of carbonyl (C=O) groups excluding carboxylic acids is 2. The second-order valence-corrected chi connectivity index (χ2v) is 5.94. The van der Waals surface area contributed by atoms with Crippen LogP contribution in [0.15, 0.2) is 36.7 Å². The van der Waals surface area contributed by atoms with E-state index in [0.717, 1.165) is 12.1 Å². The number of rotatable bonds is 4. The standard InChI is InChI=1S/C17H20N4O2/c1-11(22)12-4-3-5-14(6-12)20-17(23)16-9-18-8-15(16)13-7-19-21(2)10-13/h3-7,10,15-16,18H,8-9H2,1-2H3,(H,20,23)/t15-,16+/m1/s1. The summed E-state index contributed by atoms with van der Waals surface area (Å²) in [6, 6.07) is 7.03. The number of ketones is 1. The van der Waals surface area contributed by atoms with E-state index in [9.17, 15) is 9.59 Å². The number of benzene rings is 1. The number of aryl methyl sites for hydroxylation is 1. The van der Waals surface area contributed by atoms with E-state index >= 15 is 0 Å². The Balaban J connectivity index is 1.74. The molecule has 6 nitrogen and oxygen atoms in total. The quantitative estimate of drug-likeness (QED) is 0.840. The van der Waals surface area contributed by atoms with Gasteiger partial charge in [0, 0.05) is 43.5 Å². The summed E-state index contributed by atoms with van der Waals surface area (Å²) < 4.78 is 1.75. The number of nitrogens with one attached hydrogen (secondary N) is 2. The van der Waals surface area contributed by atoms with Crippen LogP contribution in [0, 0.1) is 5.92 Å². The van der Waals surface area contributed by atoms with Gasteiger partial charge in [-0.2, -0.15) is 5.10 Å². The minimum atomic E-state index is -0.153. The maximum absolute atomic E-state index is 12.6. The lowest BCUT2D eigenvalue weighted by molar-refractivity contribution is -0.119. The molecule has 1 amide bonds. The van der Waals surface area contributed by atoms with Crippen LogP contribution in [0.25, 0.3) is 0 Å². The van der Waals surface area contributed by atoms with E-state index in [1.165, 1.54) is 6.92 Å². The lowest BCUT2D eigenvalue weighted by Gasteiger charge is -2.17. The van der Waals surface area contributed by atoms with Gasteiger partial charge < -0.3 is 10.6 Å². The zero-order valence-corrected chi connectivity index (χ0v) is 13.2. The Hall–Kier alpha value is -2.47. The number of anilines is 1. The number of aromatic nitrogens is 2. The zero-order chi connectivity index (χ0) is 16.4. The molecule has 6 heteroatoms. The molecule has 1 saturated heterocycles. The largest absolute Gasteiger partial charge is 0.326 e. The highest BCUT2D eigenvalue weighted by atomic mass is 16.2. The predicted octanol–water partition coefficient (Wildman–Crippen LogP) is 1.56. The normalized spacial score (nSPS) is 20.4. The van der Waals surface area contributed by atoms with Crippen molar-refractivity contribution in [2.45, 2.75) is 12.8 Å². The molecule has 0 spiro atoms. The van der Waals surface area contributed by atoms with E-state index in [1.807, 2.05) is 19.4 Å². The maximum Gasteiger partial charge on any atom is 0.229 e. The molecular weight excluding hydrogens is 292 g/mol. The Bertz CT molecular complexity index is 738. The third-order valence-electron chi connectivity index (χ3n) is 4.24. The van der Waals surface area contributed by atoms with Crippen molar-refractivity contribution in [1.82, 2.24) is 15.1 Å². The molecule has 0 radical (unpaired) electrons. The molecule has 0 aliphatic carbocycles. The first-order valence-electron chi connectivity index (χ1n) is 7.65. The van der Waals surface area contributed by atoms with Crippen molar-refractivity contribution < 1.29 is 9.59 Å². The van der Waals surface area contributed by atoms with Crippen LogP contribution in [-0.2, 0) is 11.8 Å². The van der Waals surface area contributed by atoms with Gasteiger partial charge in [-0.25, -0.2) is 0 Å². The molecule has 23 heavy (non-hydrogen) atoms. The summed E-state index contributed by atoms with van der Waals surface area (Å²) in [4.78, 5) is 24.1. The van der Waals surface area contributed by atoms with E-state index in [2.05, 4.69) is 15.7 Å². The minimum Gasteiger partial charge on any atom is -0.326 e. The van der Waals surface area contributed by atoms with E-state index in [-0.39, 0.29) is 23.5 Å². The summed E-state index contributed by atoms with van der Waals surface area (Å²) in [5, 5.41) is 10.4. The van der Waals surface area contributed by atoms with E-state index in [4.69, 9.17) is 0 Å². The Morgan fingerprint density at radius 1 is 1.35 bits per heavy atom. The topological polar surface area (TPSA) is 76.0 Å². The molecule has 2 aromatic rings. The molecule has 0 saturated carbocycles. The molecule has 2 atom stereocenters. The van der Waals surface area contributed by atoms with Crippen LogP contribution < -0.4 is 10.6 Å². The van der Waals surface area contributed by atoms with Crippen molar-refractivity contribution in [1.29, 1.82) is 0 Å². The van der Waals surface area contributed by atoms with Gasteiger partial charge in [-0.1, -0.05) is 12.1 Å². The molecule has 1 fully saturated rings. The number of Topliss-reactive ketones (excluding diaryl/α,β-unsaturated/α-hetero) is 1. The molecule has 120 valence electrons. The molecule has 0 unspecified atom stereocenters. The molecule has 2 heterocycles. The van der Waals surface area contributed by atoms with Gasteiger partial charge in [0.2, 0.25) is 5.91 Å². The zero-order valence-electron chi connectivity index (χ0n) is 13.2. The Morgan fingerprint density at radius 3 is 2.87 bits per heavy atom. The lowest BCUT2D eigenvalue weighted by atomic mass is 9.90. The van der Waals surface area contributed by atoms with Gasteiger partial charge in [0.25, 0.3) is 0 Å². The van der Waals surface area contributed by atoms with E-state index < -0.39 is 0 Å². The molecular formula is C17H20N4O2. The summed E-state index contributed by atoms with van der Waals surface area (Å²) in [6.07, 6.45) is 3.77. The molecule has 0 bridgehead atoms. The van der Waals surface area contributed by atoms with Crippen molar-refractivity contribution >= 4 is 17.4 Å². The van der Waals surface area contributed by atoms with Gasteiger partial charge in [0.05, 0.1) is 12.1 Å². The van der Waals surface area contributed by atoms with Crippen molar-refractivity contribution in [3.8, 4) is 0 Å². The van der Waals surface area contributed by atoms with E-state index in [0.29, 0.717) is 17.8 Å². The number of nitrogens with zero attached hydrogens (tertiary/aromatic N) is 2. The maximum atomic E-state index is 12.6. The van der Waals surface area contributed by atoms with Crippen molar-refractivity contribution in [3.05, 3.63) is 47.8 Å². The molecule has 1 aliphatic heterocycles. The fraction of sp³-hybridized carbons (Fsp3) is 0.353. The summed E-state index contributed by atoms with van der Waals surface area (Å²) >= 11 is 0. The molecule has 2 N–H and O–H groups in total. The monoisotopic (exact) mass is 312 g/mol. The first-order valence-corrected chi connectivity index (χ1v) is 7.65. The average molecular weight is 312 g/mol. The highest BCUT2D eigenvalue weighted by Gasteiger charge is 2.34. The third kappa shape index (κ3) is 3.32. The highest BCUT2D eigenvalue weighted by Crippen LogP contribution is 2.29. The van der Waals surface area contributed by atoms with Gasteiger partial charge in [0.1, 0.15) is 0 Å². The number of carbonyl (C=O) groups is 2. The van der Waals surface area contributed by atoms with Gasteiger partial charge in [-0.15, -0.1) is 0 Å². The molecule has 1 aliphatic rings. The Morgan fingerprint density at radius 2 is 2.17 bits per heavy atom. The van der Waals surface area contributed by atoms with Gasteiger partial charge in [-0.05, 0) is 24.6 Å². The van der Waals surface area contributed by atoms with Crippen LogP contribution in [0.1, 0.15) is 28.8 Å². The van der Waals surface area contributed by atoms with E-state index in [1.54, 1.807) is 28.9 Å². The van der Waals surface area contributed by atoms with Gasteiger partial charge in [0.15, 0.2) is 5.78 Å². The third-order valence-corrected chi connectivity index (χ3v) is 4.24. The smallest absolute Gasteiger partial charge is 0.229 e. The highest BCUT2D eigenvalue weighted by molar-refractivity contribution is 5.98. The van der Waals surface area contributed by atoms with Crippen molar-refractivity contribution in [3.63, 3.8) is 0 Å². The Labute approximate surface area is 134 Å². The number of amides is 1. The van der Waals surface area contributed by atoms with Crippen LogP contribution >= 0.6 is 0 Å². The average Bonchev–Trinajstić information content (AvgIpc) is 3.15. The summed E-state index contributed by atoms with van der Waals surface area (Å²) in [5.41, 5.74) is 2.31. The lowest BCUT2D eigenvalue weighted by Crippen LogP contribution is -2.28. The van der Waals surface area contributed by atoms with Gasteiger partial charge >= 0.3 is 0 Å². The number of hydrogen-bond acceptors (Lipinski definition) is 4.